The summed E-state index contributed by atoms with van der Waals surface area (Å²) in [4.78, 5) is 12.2. The zero-order chi connectivity index (χ0) is 17.0. The Bertz CT molecular complexity index is 831. The number of nitrogens with one attached hydrogen (secondary N) is 1. The lowest BCUT2D eigenvalue weighted by molar-refractivity contribution is 0.0951. The summed E-state index contributed by atoms with van der Waals surface area (Å²) in [7, 11) is -3.15. The highest BCUT2D eigenvalue weighted by Crippen LogP contribution is 2.11. The molecule has 0 atom stereocenters. The zero-order valence-electron chi connectivity index (χ0n) is 13.0. The second kappa shape index (κ2) is 6.91. The molecule has 1 amide bonds. The lowest BCUT2D eigenvalue weighted by Gasteiger charge is -2.08. The fourth-order valence-corrected chi connectivity index (χ4v) is 2.99. The molecule has 0 radical (unpaired) electrons. The molecule has 0 spiro atoms. The van der Waals surface area contributed by atoms with Crippen molar-refractivity contribution in [3.05, 3.63) is 70.5 Å². The molecule has 0 aromatic heterocycles. The SMILES string of the molecule is Cc1cc(CNC(=O)c2cccc(CS(C)(=O)=O)c2)ccc1F. The number of aryl methyl sites for hydroxylation is 1. The van der Waals surface area contributed by atoms with Gasteiger partial charge in [-0.05, 0) is 41.8 Å². The van der Waals surface area contributed by atoms with E-state index in [1.54, 1.807) is 43.3 Å². The second-order valence-electron chi connectivity index (χ2n) is 5.54. The summed E-state index contributed by atoms with van der Waals surface area (Å²) in [5, 5.41) is 2.74. The molecule has 4 nitrogen and oxygen atoms in total. The molecule has 1 N–H and O–H groups in total. The van der Waals surface area contributed by atoms with Crippen molar-refractivity contribution in [2.45, 2.75) is 19.2 Å². The predicted octanol–water partition coefficient (Wildman–Crippen LogP) is 2.61. The van der Waals surface area contributed by atoms with Crippen molar-refractivity contribution in [1.29, 1.82) is 0 Å². The maximum Gasteiger partial charge on any atom is 0.251 e. The van der Waals surface area contributed by atoms with Gasteiger partial charge in [-0.1, -0.05) is 24.3 Å². The average molecular weight is 335 g/mol. The van der Waals surface area contributed by atoms with Gasteiger partial charge in [0.15, 0.2) is 9.84 Å². The van der Waals surface area contributed by atoms with E-state index >= 15 is 0 Å². The minimum atomic E-state index is -3.15. The van der Waals surface area contributed by atoms with Crippen molar-refractivity contribution in [2.24, 2.45) is 0 Å². The van der Waals surface area contributed by atoms with Crippen LogP contribution in [0.4, 0.5) is 4.39 Å². The first-order valence-electron chi connectivity index (χ1n) is 7.04. The Hall–Kier alpha value is -2.21. The summed E-state index contributed by atoms with van der Waals surface area (Å²) in [5.74, 6) is -0.693. The molecule has 2 rings (SSSR count). The van der Waals surface area contributed by atoms with Crippen molar-refractivity contribution in [1.82, 2.24) is 5.32 Å². The van der Waals surface area contributed by atoms with Crippen LogP contribution in [0.15, 0.2) is 42.5 Å². The zero-order valence-corrected chi connectivity index (χ0v) is 13.8. The summed E-state index contributed by atoms with van der Waals surface area (Å²) in [6, 6.07) is 11.2. The number of carbonyl (C=O) groups excluding carboxylic acids is 1. The Morgan fingerprint density at radius 1 is 1.13 bits per heavy atom. The first-order chi connectivity index (χ1) is 10.7. The van der Waals surface area contributed by atoms with Crippen LogP contribution in [-0.2, 0) is 22.1 Å². The van der Waals surface area contributed by atoms with Gasteiger partial charge in [0, 0.05) is 18.4 Å². The third-order valence-corrected chi connectivity index (χ3v) is 4.15. The lowest BCUT2D eigenvalue weighted by atomic mass is 10.1. The molecule has 0 aliphatic carbocycles. The molecule has 23 heavy (non-hydrogen) atoms. The summed E-state index contributed by atoms with van der Waals surface area (Å²) in [6.45, 7) is 1.94. The maximum atomic E-state index is 13.2. The van der Waals surface area contributed by atoms with Crippen LogP contribution in [0.5, 0.6) is 0 Å². The number of rotatable bonds is 5. The maximum absolute atomic E-state index is 13.2. The van der Waals surface area contributed by atoms with Crippen LogP contribution in [0.1, 0.15) is 27.0 Å². The van der Waals surface area contributed by atoms with E-state index < -0.39 is 9.84 Å². The number of benzene rings is 2. The van der Waals surface area contributed by atoms with Gasteiger partial charge in [0.2, 0.25) is 0 Å². The summed E-state index contributed by atoms with van der Waals surface area (Å²) in [6.07, 6.45) is 1.15. The Morgan fingerprint density at radius 2 is 1.87 bits per heavy atom. The second-order valence-corrected chi connectivity index (χ2v) is 7.68. The molecule has 0 aliphatic rings. The molecule has 0 saturated heterocycles. The first kappa shape index (κ1) is 17.1. The van der Waals surface area contributed by atoms with Crippen molar-refractivity contribution >= 4 is 15.7 Å². The lowest BCUT2D eigenvalue weighted by Crippen LogP contribution is -2.23. The van der Waals surface area contributed by atoms with Crippen LogP contribution in [0, 0.1) is 12.7 Å². The predicted molar refractivity (Wildman–Crippen MR) is 87.3 cm³/mol. The molecule has 0 unspecified atom stereocenters. The Balaban J connectivity index is 2.05. The largest absolute Gasteiger partial charge is 0.348 e. The molecule has 6 heteroatoms. The van der Waals surface area contributed by atoms with Gasteiger partial charge < -0.3 is 5.32 Å². The third-order valence-electron chi connectivity index (χ3n) is 3.29. The van der Waals surface area contributed by atoms with Gasteiger partial charge in [-0.2, -0.15) is 0 Å². The molecule has 122 valence electrons. The van der Waals surface area contributed by atoms with Crippen LogP contribution >= 0.6 is 0 Å². The topological polar surface area (TPSA) is 63.2 Å². The fourth-order valence-electron chi connectivity index (χ4n) is 2.21. The molecule has 0 aliphatic heterocycles. The van der Waals surface area contributed by atoms with E-state index in [1.165, 1.54) is 6.07 Å². The number of halogens is 1. The highest BCUT2D eigenvalue weighted by Gasteiger charge is 2.09. The van der Waals surface area contributed by atoms with Gasteiger partial charge >= 0.3 is 0 Å². The van der Waals surface area contributed by atoms with E-state index in [0.717, 1.165) is 11.8 Å². The number of carbonyl (C=O) groups is 1. The number of amides is 1. The first-order valence-corrected chi connectivity index (χ1v) is 9.10. The van der Waals surface area contributed by atoms with Crippen LogP contribution in [0.25, 0.3) is 0 Å². The van der Waals surface area contributed by atoms with Crippen molar-refractivity contribution in [2.75, 3.05) is 6.26 Å². The third kappa shape index (κ3) is 5.17. The smallest absolute Gasteiger partial charge is 0.251 e. The molecule has 2 aromatic rings. The highest BCUT2D eigenvalue weighted by molar-refractivity contribution is 7.89. The van der Waals surface area contributed by atoms with Gasteiger partial charge in [0.1, 0.15) is 5.82 Å². The van der Waals surface area contributed by atoms with Crippen molar-refractivity contribution in [3.8, 4) is 0 Å². The van der Waals surface area contributed by atoms with Gasteiger partial charge in [-0.25, -0.2) is 12.8 Å². The number of hydrogen-bond donors (Lipinski definition) is 1. The van der Waals surface area contributed by atoms with E-state index in [4.69, 9.17) is 0 Å². The van der Waals surface area contributed by atoms with Crippen molar-refractivity contribution in [3.63, 3.8) is 0 Å². The van der Waals surface area contributed by atoms with Gasteiger partial charge in [0.05, 0.1) is 5.75 Å². The molecular weight excluding hydrogens is 317 g/mol. The van der Waals surface area contributed by atoms with Crippen LogP contribution in [0.3, 0.4) is 0 Å². The van der Waals surface area contributed by atoms with Gasteiger partial charge in [-0.15, -0.1) is 0 Å². The minimum absolute atomic E-state index is 0.106. The van der Waals surface area contributed by atoms with E-state index in [0.29, 0.717) is 16.7 Å². The molecule has 2 aromatic carbocycles. The standard InChI is InChI=1S/C17H18FNO3S/c1-12-8-13(6-7-16(12)18)10-19-17(20)15-5-3-4-14(9-15)11-23(2,21)22/h3-9H,10-11H2,1-2H3,(H,19,20). The van der Waals surface area contributed by atoms with E-state index in [-0.39, 0.29) is 24.0 Å². The quantitative estimate of drug-likeness (QED) is 0.913. The monoisotopic (exact) mass is 335 g/mol. The number of sulfone groups is 1. The van der Waals surface area contributed by atoms with Gasteiger partial charge in [0.25, 0.3) is 5.91 Å². The minimum Gasteiger partial charge on any atom is -0.348 e. The molecule has 0 fully saturated rings. The summed E-state index contributed by atoms with van der Waals surface area (Å²) < 4.78 is 35.8. The Morgan fingerprint density at radius 3 is 2.52 bits per heavy atom. The van der Waals surface area contributed by atoms with Crippen LogP contribution in [-0.4, -0.2) is 20.6 Å². The van der Waals surface area contributed by atoms with E-state index in [9.17, 15) is 17.6 Å². The number of hydrogen-bond acceptors (Lipinski definition) is 3. The van der Waals surface area contributed by atoms with E-state index in [2.05, 4.69) is 5.32 Å². The highest BCUT2D eigenvalue weighted by atomic mass is 32.2. The normalized spacial score (nSPS) is 11.3. The molecule has 0 saturated carbocycles. The van der Waals surface area contributed by atoms with Gasteiger partial charge in [-0.3, -0.25) is 4.79 Å². The van der Waals surface area contributed by atoms with E-state index in [1.807, 2.05) is 0 Å². The van der Waals surface area contributed by atoms with Crippen LogP contribution in [0.2, 0.25) is 0 Å². The average Bonchev–Trinajstić information content (AvgIpc) is 2.46. The Labute approximate surface area is 135 Å². The fraction of sp³-hybridized carbons (Fsp3) is 0.235. The Kier molecular flexibility index (Phi) is 5.15. The molecule has 0 bridgehead atoms. The molecule has 0 heterocycles. The summed E-state index contributed by atoms with van der Waals surface area (Å²) >= 11 is 0. The summed E-state index contributed by atoms with van der Waals surface area (Å²) in [5.41, 5.74) is 2.28. The molecular formula is C17H18FNO3S. The van der Waals surface area contributed by atoms with Crippen molar-refractivity contribution < 1.29 is 17.6 Å². The van der Waals surface area contributed by atoms with Crippen LogP contribution < -0.4 is 5.32 Å².